The normalized spacial score (nSPS) is 11.3. The van der Waals surface area contributed by atoms with Crippen molar-refractivity contribution in [1.29, 1.82) is 0 Å². The Labute approximate surface area is 162 Å². The number of nitrogens with zero attached hydrogens (tertiary/aromatic N) is 3. The van der Waals surface area contributed by atoms with Gasteiger partial charge in [0.2, 0.25) is 0 Å². The maximum atomic E-state index is 12.8. The number of hydrogen-bond donors (Lipinski definition) is 1. The third-order valence-electron chi connectivity index (χ3n) is 3.62. The molecule has 0 aliphatic heterocycles. The molecular formula is C19H22N4O3S. The number of benzene rings is 1. The highest BCUT2D eigenvalue weighted by Crippen LogP contribution is 2.32. The van der Waals surface area contributed by atoms with Crippen molar-refractivity contribution < 1.29 is 14.3 Å². The SMILES string of the molecule is COc1ccc(CN(C(=O)OC(C)(C)C)c2ncc(-c3cn[nH]c3)s2)cc1. The third-order valence-corrected chi connectivity index (χ3v) is 4.69. The van der Waals surface area contributed by atoms with Crippen molar-refractivity contribution in [2.45, 2.75) is 32.9 Å². The van der Waals surface area contributed by atoms with Crippen LogP contribution in [0.15, 0.2) is 42.9 Å². The number of rotatable bonds is 5. The molecule has 3 aromatic rings. The highest BCUT2D eigenvalue weighted by molar-refractivity contribution is 7.19. The van der Waals surface area contributed by atoms with E-state index in [1.807, 2.05) is 45.0 Å². The van der Waals surface area contributed by atoms with E-state index in [0.717, 1.165) is 21.8 Å². The molecule has 142 valence electrons. The Morgan fingerprint density at radius 3 is 2.56 bits per heavy atom. The quantitative estimate of drug-likeness (QED) is 0.699. The Hall–Kier alpha value is -2.87. The Morgan fingerprint density at radius 2 is 1.96 bits per heavy atom. The van der Waals surface area contributed by atoms with Gasteiger partial charge >= 0.3 is 6.09 Å². The van der Waals surface area contributed by atoms with Crippen LogP contribution in [-0.4, -0.2) is 34.0 Å². The summed E-state index contributed by atoms with van der Waals surface area (Å²) in [4.78, 5) is 19.7. The van der Waals surface area contributed by atoms with Gasteiger partial charge in [-0.15, -0.1) is 0 Å². The number of H-pyrrole nitrogens is 1. The molecule has 0 aliphatic carbocycles. The van der Waals surface area contributed by atoms with Crippen molar-refractivity contribution in [3.8, 4) is 16.2 Å². The molecule has 0 aliphatic rings. The number of thiazole rings is 1. The molecule has 0 saturated carbocycles. The average molecular weight is 386 g/mol. The molecule has 3 rings (SSSR count). The van der Waals surface area contributed by atoms with Crippen LogP contribution >= 0.6 is 11.3 Å². The number of amides is 1. The van der Waals surface area contributed by atoms with E-state index >= 15 is 0 Å². The van der Waals surface area contributed by atoms with Gasteiger partial charge in [-0.25, -0.2) is 14.7 Å². The third kappa shape index (κ3) is 4.85. The summed E-state index contributed by atoms with van der Waals surface area (Å²) in [5, 5.41) is 7.31. The van der Waals surface area contributed by atoms with Crippen LogP contribution in [0.3, 0.4) is 0 Å². The zero-order valence-electron chi connectivity index (χ0n) is 15.7. The molecule has 2 aromatic heterocycles. The van der Waals surface area contributed by atoms with Gasteiger partial charge in [0.25, 0.3) is 0 Å². The van der Waals surface area contributed by atoms with Gasteiger partial charge in [0.1, 0.15) is 11.4 Å². The summed E-state index contributed by atoms with van der Waals surface area (Å²) >= 11 is 1.41. The fraction of sp³-hybridized carbons (Fsp3) is 0.316. The second kappa shape index (κ2) is 7.79. The lowest BCUT2D eigenvalue weighted by Crippen LogP contribution is -2.36. The molecule has 27 heavy (non-hydrogen) atoms. The van der Waals surface area contributed by atoms with Gasteiger partial charge in [0, 0.05) is 18.0 Å². The molecule has 7 nitrogen and oxygen atoms in total. The van der Waals surface area contributed by atoms with Gasteiger partial charge in [-0.05, 0) is 38.5 Å². The molecule has 0 fully saturated rings. The second-order valence-corrected chi connectivity index (χ2v) is 7.92. The number of aromatic amines is 1. The number of methoxy groups -OCH3 is 1. The fourth-order valence-corrected chi connectivity index (χ4v) is 3.24. The molecule has 1 amide bonds. The minimum absolute atomic E-state index is 0.344. The van der Waals surface area contributed by atoms with Crippen LogP contribution in [0.1, 0.15) is 26.3 Å². The van der Waals surface area contributed by atoms with E-state index in [-0.39, 0.29) is 0 Å². The molecule has 0 saturated heterocycles. The van der Waals surface area contributed by atoms with Crippen LogP contribution in [-0.2, 0) is 11.3 Å². The van der Waals surface area contributed by atoms with Gasteiger partial charge in [-0.1, -0.05) is 23.5 Å². The summed E-state index contributed by atoms with van der Waals surface area (Å²) in [6, 6.07) is 7.56. The number of nitrogens with one attached hydrogen (secondary N) is 1. The fourth-order valence-electron chi connectivity index (χ4n) is 2.35. The van der Waals surface area contributed by atoms with E-state index in [0.29, 0.717) is 11.7 Å². The number of carbonyl (C=O) groups excluding carboxylic acids is 1. The Morgan fingerprint density at radius 1 is 1.22 bits per heavy atom. The molecule has 2 heterocycles. The first-order chi connectivity index (χ1) is 12.9. The van der Waals surface area contributed by atoms with Crippen LogP contribution < -0.4 is 9.64 Å². The lowest BCUT2D eigenvalue weighted by molar-refractivity contribution is 0.0577. The molecule has 0 bridgehead atoms. The highest BCUT2D eigenvalue weighted by Gasteiger charge is 2.26. The zero-order valence-corrected chi connectivity index (χ0v) is 16.5. The van der Waals surface area contributed by atoms with E-state index in [4.69, 9.17) is 9.47 Å². The molecule has 0 atom stereocenters. The standard InChI is InChI=1S/C19H22N4O3S/c1-19(2,3)26-18(24)23(12-13-5-7-15(25-4)8-6-13)17-20-11-16(27-17)14-9-21-22-10-14/h5-11H,12H2,1-4H3,(H,21,22). The van der Waals surface area contributed by atoms with Crippen molar-refractivity contribution in [2.75, 3.05) is 12.0 Å². The van der Waals surface area contributed by atoms with Crippen LogP contribution in [0.5, 0.6) is 5.75 Å². The molecule has 0 spiro atoms. The number of hydrogen-bond acceptors (Lipinski definition) is 6. The predicted molar refractivity (Wildman–Crippen MR) is 105 cm³/mol. The van der Waals surface area contributed by atoms with Crippen molar-refractivity contribution in [2.24, 2.45) is 0 Å². The van der Waals surface area contributed by atoms with Crippen molar-refractivity contribution in [3.05, 3.63) is 48.4 Å². The minimum atomic E-state index is -0.597. The number of carbonyl (C=O) groups is 1. The van der Waals surface area contributed by atoms with Crippen LogP contribution in [0.25, 0.3) is 10.4 Å². The summed E-state index contributed by atoms with van der Waals surface area (Å²) in [6.07, 6.45) is 4.80. The maximum absolute atomic E-state index is 12.8. The number of anilines is 1. The largest absolute Gasteiger partial charge is 0.497 e. The van der Waals surface area contributed by atoms with Gasteiger partial charge in [0.05, 0.1) is 24.7 Å². The lowest BCUT2D eigenvalue weighted by Gasteiger charge is -2.26. The topological polar surface area (TPSA) is 80.3 Å². The first kappa shape index (κ1) is 18.9. The molecule has 0 radical (unpaired) electrons. The van der Waals surface area contributed by atoms with E-state index in [1.165, 1.54) is 11.3 Å². The Kier molecular flexibility index (Phi) is 5.46. The lowest BCUT2D eigenvalue weighted by atomic mass is 10.2. The first-order valence-corrected chi connectivity index (χ1v) is 9.26. The zero-order chi connectivity index (χ0) is 19.4. The smallest absolute Gasteiger partial charge is 0.416 e. The summed E-state index contributed by atoms with van der Waals surface area (Å²) < 4.78 is 10.8. The van der Waals surface area contributed by atoms with E-state index in [1.54, 1.807) is 30.6 Å². The van der Waals surface area contributed by atoms with Gasteiger partial charge in [-0.3, -0.25) is 5.10 Å². The minimum Gasteiger partial charge on any atom is -0.497 e. The van der Waals surface area contributed by atoms with E-state index < -0.39 is 11.7 Å². The van der Waals surface area contributed by atoms with Gasteiger partial charge in [0.15, 0.2) is 5.13 Å². The molecule has 1 aromatic carbocycles. The summed E-state index contributed by atoms with van der Waals surface area (Å²) in [5.41, 5.74) is 1.27. The van der Waals surface area contributed by atoms with Gasteiger partial charge in [-0.2, -0.15) is 5.10 Å². The Bertz CT molecular complexity index is 883. The van der Waals surface area contributed by atoms with Crippen molar-refractivity contribution >= 4 is 22.6 Å². The summed E-state index contributed by atoms with van der Waals surface area (Å²) in [7, 11) is 1.62. The van der Waals surface area contributed by atoms with Crippen LogP contribution in [0, 0.1) is 0 Å². The van der Waals surface area contributed by atoms with Crippen molar-refractivity contribution in [3.63, 3.8) is 0 Å². The molecule has 8 heteroatoms. The van der Waals surface area contributed by atoms with Crippen molar-refractivity contribution in [1.82, 2.24) is 15.2 Å². The Balaban J connectivity index is 1.88. The molecular weight excluding hydrogens is 364 g/mol. The number of ether oxygens (including phenoxy) is 2. The van der Waals surface area contributed by atoms with E-state index in [2.05, 4.69) is 15.2 Å². The summed E-state index contributed by atoms with van der Waals surface area (Å²) in [5.74, 6) is 0.763. The summed E-state index contributed by atoms with van der Waals surface area (Å²) in [6.45, 7) is 5.87. The van der Waals surface area contributed by atoms with E-state index in [9.17, 15) is 4.79 Å². The van der Waals surface area contributed by atoms with Crippen LogP contribution in [0.2, 0.25) is 0 Å². The van der Waals surface area contributed by atoms with Gasteiger partial charge < -0.3 is 9.47 Å². The highest BCUT2D eigenvalue weighted by atomic mass is 32.1. The average Bonchev–Trinajstić information content (AvgIpc) is 3.30. The predicted octanol–water partition coefficient (Wildman–Crippen LogP) is 4.48. The maximum Gasteiger partial charge on any atom is 0.416 e. The monoisotopic (exact) mass is 386 g/mol. The van der Waals surface area contributed by atoms with Crippen LogP contribution in [0.4, 0.5) is 9.93 Å². The molecule has 0 unspecified atom stereocenters. The number of aromatic nitrogens is 3. The second-order valence-electron chi connectivity index (χ2n) is 6.91. The first-order valence-electron chi connectivity index (χ1n) is 8.44. The molecule has 1 N–H and O–H groups in total.